The zero-order valence-electron chi connectivity index (χ0n) is 18.8. The minimum Gasteiger partial charge on any atom is -0.385 e. The first kappa shape index (κ1) is 25.4. The zero-order valence-corrected chi connectivity index (χ0v) is 18.8. The molecule has 0 aromatic heterocycles. The maximum absolute atomic E-state index is 13.6. The maximum atomic E-state index is 13.6. The van der Waals surface area contributed by atoms with E-state index in [2.05, 4.69) is 34.7 Å². The topological polar surface area (TPSA) is 73.5 Å². The highest BCUT2D eigenvalue weighted by atomic mass is 19.1. The van der Waals surface area contributed by atoms with Gasteiger partial charge in [0.1, 0.15) is 5.82 Å². The van der Waals surface area contributed by atoms with Crippen LogP contribution in [0.4, 0.5) is 10.1 Å². The number of likely N-dealkylation sites (N-methyl/N-ethyl adjacent to an activating group) is 1. The number of hydrogen-bond acceptors (Lipinski definition) is 4. The van der Waals surface area contributed by atoms with E-state index in [1.54, 1.807) is 0 Å². The number of hydrogen-bond donors (Lipinski definition) is 3. The van der Waals surface area contributed by atoms with Crippen molar-refractivity contribution in [3.05, 3.63) is 46.9 Å². The number of anilines is 1. The van der Waals surface area contributed by atoms with Crippen molar-refractivity contribution in [2.75, 3.05) is 38.0 Å². The second kappa shape index (κ2) is 13.5. The van der Waals surface area contributed by atoms with Gasteiger partial charge in [-0.2, -0.15) is 0 Å². The van der Waals surface area contributed by atoms with Crippen molar-refractivity contribution in [3.8, 4) is 0 Å². The Kier molecular flexibility index (Phi) is 11.4. The van der Waals surface area contributed by atoms with E-state index >= 15 is 0 Å². The fraction of sp³-hybridized carbons (Fsp3) is 0.478. The van der Waals surface area contributed by atoms with Gasteiger partial charge in [0.15, 0.2) is 0 Å². The molecule has 0 bridgehead atoms. The van der Waals surface area contributed by atoms with Gasteiger partial charge in [0, 0.05) is 42.2 Å². The molecule has 166 valence electrons. The average Bonchev–Trinajstić information content (AvgIpc) is 2.73. The molecule has 1 rings (SSSR count). The lowest BCUT2D eigenvalue weighted by Crippen LogP contribution is -2.36. The van der Waals surface area contributed by atoms with Gasteiger partial charge in [-0.15, -0.1) is 0 Å². The summed E-state index contributed by atoms with van der Waals surface area (Å²) in [5.41, 5.74) is 3.52. The minimum absolute atomic E-state index is 0.0574. The molecule has 0 aliphatic rings. The molecule has 2 amide bonds. The summed E-state index contributed by atoms with van der Waals surface area (Å²) in [6.45, 7) is 13.7. The van der Waals surface area contributed by atoms with E-state index in [9.17, 15) is 14.0 Å². The van der Waals surface area contributed by atoms with E-state index in [0.29, 0.717) is 37.2 Å². The summed E-state index contributed by atoms with van der Waals surface area (Å²) in [5, 5.41) is 8.83. The number of halogens is 1. The first-order valence-corrected chi connectivity index (χ1v) is 10.5. The molecular weight excluding hydrogens is 383 g/mol. The molecule has 30 heavy (non-hydrogen) atoms. The normalized spacial score (nSPS) is 12.4. The molecule has 0 heterocycles. The molecule has 0 spiro atoms. The quantitative estimate of drug-likeness (QED) is 0.338. The van der Waals surface area contributed by atoms with Gasteiger partial charge in [-0.05, 0) is 57.1 Å². The van der Waals surface area contributed by atoms with Gasteiger partial charge in [-0.25, -0.2) is 4.39 Å². The standard InChI is InChI=1S/C23H35FN4O2/c1-6-20(23(30)26-13-14-28(7-2)8-3)18(5)25-12-11-17(4)21-15-19(24)9-10-22(21)27-16-29/h9-11,15-16,25H,6-8,12-14H2,1-5H3,(H,26,30)(H,27,29)/b17-11+,20-18+. The summed E-state index contributed by atoms with van der Waals surface area (Å²) in [7, 11) is 0. The Bertz CT molecular complexity index is 770. The summed E-state index contributed by atoms with van der Waals surface area (Å²) in [4.78, 5) is 25.6. The van der Waals surface area contributed by atoms with Crippen LogP contribution in [0.2, 0.25) is 0 Å². The van der Waals surface area contributed by atoms with Crippen LogP contribution in [0, 0.1) is 5.82 Å². The molecule has 0 atom stereocenters. The van der Waals surface area contributed by atoms with Gasteiger partial charge in [0.2, 0.25) is 12.3 Å². The predicted molar refractivity (Wildman–Crippen MR) is 122 cm³/mol. The van der Waals surface area contributed by atoms with Crippen LogP contribution >= 0.6 is 0 Å². The molecule has 0 radical (unpaired) electrons. The third kappa shape index (κ3) is 7.99. The summed E-state index contributed by atoms with van der Waals surface area (Å²) < 4.78 is 13.6. The third-order valence-corrected chi connectivity index (χ3v) is 5.08. The van der Waals surface area contributed by atoms with Gasteiger partial charge in [-0.1, -0.05) is 26.8 Å². The molecule has 7 heteroatoms. The predicted octanol–water partition coefficient (Wildman–Crippen LogP) is 3.53. The summed E-state index contributed by atoms with van der Waals surface area (Å²) in [5.74, 6) is -0.425. The van der Waals surface area contributed by atoms with E-state index in [-0.39, 0.29) is 11.7 Å². The van der Waals surface area contributed by atoms with Crippen LogP contribution in [0.15, 0.2) is 35.5 Å². The molecule has 0 saturated carbocycles. The van der Waals surface area contributed by atoms with Gasteiger partial charge in [0.05, 0.1) is 0 Å². The number of nitrogens with zero attached hydrogens (tertiary/aromatic N) is 1. The Labute approximate surface area is 179 Å². The van der Waals surface area contributed by atoms with Crippen molar-refractivity contribution < 1.29 is 14.0 Å². The lowest BCUT2D eigenvalue weighted by atomic mass is 10.0. The monoisotopic (exact) mass is 418 g/mol. The van der Waals surface area contributed by atoms with Gasteiger partial charge < -0.3 is 20.9 Å². The zero-order chi connectivity index (χ0) is 22.5. The summed E-state index contributed by atoms with van der Waals surface area (Å²) in [6.07, 6.45) is 3.09. The molecule has 6 nitrogen and oxygen atoms in total. The van der Waals surface area contributed by atoms with Crippen LogP contribution in [0.25, 0.3) is 5.57 Å². The van der Waals surface area contributed by atoms with E-state index in [0.717, 1.165) is 36.5 Å². The number of amides is 2. The Hall–Kier alpha value is -2.67. The maximum Gasteiger partial charge on any atom is 0.248 e. The molecule has 0 aliphatic heterocycles. The van der Waals surface area contributed by atoms with Gasteiger partial charge in [0.25, 0.3) is 0 Å². The molecule has 3 N–H and O–H groups in total. The fourth-order valence-electron chi connectivity index (χ4n) is 3.18. The van der Waals surface area contributed by atoms with Crippen molar-refractivity contribution in [2.45, 2.75) is 41.0 Å². The van der Waals surface area contributed by atoms with Crippen molar-refractivity contribution in [1.82, 2.24) is 15.5 Å². The largest absolute Gasteiger partial charge is 0.385 e. The highest BCUT2D eigenvalue weighted by molar-refractivity contribution is 5.94. The Morgan fingerprint density at radius 3 is 2.43 bits per heavy atom. The molecular formula is C23H35FN4O2. The van der Waals surface area contributed by atoms with E-state index in [4.69, 9.17) is 0 Å². The van der Waals surface area contributed by atoms with E-state index in [1.165, 1.54) is 18.2 Å². The Morgan fingerprint density at radius 2 is 1.83 bits per heavy atom. The first-order chi connectivity index (χ1) is 14.4. The molecule has 0 saturated heterocycles. The van der Waals surface area contributed by atoms with Crippen LogP contribution in [0.3, 0.4) is 0 Å². The first-order valence-electron chi connectivity index (χ1n) is 10.5. The smallest absolute Gasteiger partial charge is 0.248 e. The van der Waals surface area contributed by atoms with Crippen molar-refractivity contribution in [3.63, 3.8) is 0 Å². The number of allylic oxidation sites excluding steroid dienone is 2. The van der Waals surface area contributed by atoms with Crippen LogP contribution in [0.1, 0.15) is 46.6 Å². The SMILES string of the molecule is CC/C(C(=O)NCCN(CC)CC)=C(/C)NC/C=C(\C)c1cc(F)ccc1NC=O. The van der Waals surface area contributed by atoms with Gasteiger partial charge in [-0.3, -0.25) is 9.59 Å². The summed E-state index contributed by atoms with van der Waals surface area (Å²) >= 11 is 0. The van der Waals surface area contributed by atoms with Crippen LogP contribution < -0.4 is 16.0 Å². The van der Waals surface area contributed by atoms with Crippen LogP contribution in [0.5, 0.6) is 0 Å². The number of carbonyl (C=O) groups excluding carboxylic acids is 2. The van der Waals surface area contributed by atoms with E-state index in [1.807, 2.05) is 26.8 Å². The Balaban J connectivity index is 2.76. The van der Waals surface area contributed by atoms with Crippen LogP contribution in [-0.2, 0) is 9.59 Å². The molecule has 0 fully saturated rings. The molecule has 0 unspecified atom stereocenters. The summed E-state index contributed by atoms with van der Waals surface area (Å²) in [6, 6.07) is 4.23. The lowest BCUT2D eigenvalue weighted by Gasteiger charge is -2.19. The van der Waals surface area contributed by atoms with Crippen LogP contribution in [-0.4, -0.2) is 49.9 Å². The highest BCUT2D eigenvalue weighted by Gasteiger charge is 2.11. The molecule has 0 aliphatic carbocycles. The van der Waals surface area contributed by atoms with E-state index < -0.39 is 0 Å². The minimum atomic E-state index is -0.368. The highest BCUT2D eigenvalue weighted by Crippen LogP contribution is 2.24. The third-order valence-electron chi connectivity index (χ3n) is 5.08. The average molecular weight is 419 g/mol. The number of benzene rings is 1. The number of rotatable bonds is 13. The number of carbonyl (C=O) groups is 2. The second-order valence-corrected chi connectivity index (χ2v) is 6.96. The van der Waals surface area contributed by atoms with Crippen molar-refractivity contribution >= 4 is 23.6 Å². The fourth-order valence-corrected chi connectivity index (χ4v) is 3.18. The molecule has 1 aromatic carbocycles. The van der Waals surface area contributed by atoms with Crippen molar-refractivity contribution in [1.29, 1.82) is 0 Å². The number of nitrogens with one attached hydrogen (secondary N) is 3. The second-order valence-electron chi connectivity index (χ2n) is 6.96. The van der Waals surface area contributed by atoms with Crippen molar-refractivity contribution in [2.24, 2.45) is 0 Å². The Morgan fingerprint density at radius 1 is 1.13 bits per heavy atom. The van der Waals surface area contributed by atoms with Gasteiger partial charge >= 0.3 is 0 Å². The lowest BCUT2D eigenvalue weighted by molar-refractivity contribution is -0.117. The molecule has 1 aromatic rings.